The van der Waals surface area contributed by atoms with Crippen molar-refractivity contribution in [1.29, 1.82) is 0 Å². The molecule has 2 aromatic rings. The molecule has 2 rings (SSSR count). The Bertz CT molecular complexity index is 508. The van der Waals surface area contributed by atoms with Crippen molar-refractivity contribution in [1.82, 2.24) is 9.78 Å². The van der Waals surface area contributed by atoms with Gasteiger partial charge in [-0.15, -0.1) is 0 Å². The molecule has 0 aliphatic rings. The zero-order valence-corrected chi connectivity index (χ0v) is 10.2. The van der Waals surface area contributed by atoms with E-state index < -0.39 is 0 Å². The second-order valence-electron chi connectivity index (χ2n) is 3.90. The lowest BCUT2D eigenvalue weighted by Gasteiger charge is -2.02. The van der Waals surface area contributed by atoms with Crippen LogP contribution in [0.2, 0.25) is 0 Å². The van der Waals surface area contributed by atoms with Gasteiger partial charge in [0.25, 0.3) is 0 Å². The molecule has 1 amide bonds. The van der Waals surface area contributed by atoms with Gasteiger partial charge in [-0.05, 0) is 5.56 Å². The third kappa shape index (κ3) is 3.43. The maximum absolute atomic E-state index is 11.8. The molecule has 0 aliphatic heterocycles. The summed E-state index contributed by atoms with van der Waals surface area (Å²) in [6.07, 6.45) is 3.69. The van der Waals surface area contributed by atoms with Crippen LogP contribution in [0.15, 0.2) is 42.7 Å². The van der Waals surface area contributed by atoms with Gasteiger partial charge in [-0.3, -0.25) is 4.79 Å². The van der Waals surface area contributed by atoms with Gasteiger partial charge in [-0.2, -0.15) is 5.10 Å². The van der Waals surface area contributed by atoms with E-state index in [9.17, 15) is 4.79 Å². The summed E-state index contributed by atoms with van der Waals surface area (Å²) in [6, 6.07) is 9.61. The molecule has 1 heterocycles. The summed E-state index contributed by atoms with van der Waals surface area (Å²) in [5.41, 5.74) is 1.66. The minimum atomic E-state index is -0.0573. The third-order valence-electron chi connectivity index (χ3n) is 2.39. The summed E-state index contributed by atoms with van der Waals surface area (Å²) in [7, 11) is 1.59. The molecule has 0 unspecified atom stereocenters. The molecule has 0 saturated carbocycles. The summed E-state index contributed by atoms with van der Waals surface area (Å²) in [5.74, 6) is -0.0573. The Morgan fingerprint density at radius 1 is 1.39 bits per heavy atom. The van der Waals surface area contributed by atoms with Crippen molar-refractivity contribution < 1.29 is 9.53 Å². The summed E-state index contributed by atoms with van der Waals surface area (Å²) in [5, 5.41) is 6.83. The van der Waals surface area contributed by atoms with Crippen LogP contribution in [0.3, 0.4) is 0 Å². The Hall–Kier alpha value is -2.14. The molecule has 1 aromatic heterocycles. The van der Waals surface area contributed by atoms with Crippen molar-refractivity contribution in [2.24, 2.45) is 0 Å². The number of benzene rings is 1. The van der Waals surface area contributed by atoms with Crippen LogP contribution < -0.4 is 5.32 Å². The predicted octanol–water partition coefficient (Wildman–Crippen LogP) is 1.67. The van der Waals surface area contributed by atoms with E-state index in [1.165, 1.54) is 0 Å². The Balaban J connectivity index is 1.90. The van der Waals surface area contributed by atoms with Gasteiger partial charge in [0.1, 0.15) is 6.73 Å². The Morgan fingerprint density at radius 2 is 2.17 bits per heavy atom. The van der Waals surface area contributed by atoms with Crippen molar-refractivity contribution >= 4 is 11.6 Å². The maximum Gasteiger partial charge on any atom is 0.228 e. The third-order valence-corrected chi connectivity index (χ3v) is 2.39. The first-order valence-electron chi connectivity index (χ1n) is 5.63. The largest absolute Gasteiger partial charge is 0.362 e. The lowest BCUT2D eigenvalue weighted by molar-refractivity contribution is -0.115. The highest BCUT2D eigenvalue weighted by Crippen LogP contribution is 2.07. The fraction of sp³-hybridized carbons (Fsp3) is 0.231. The molecule has 5 nitrogen and oxygen atoms in total. The zero-order chi connectivity index (χ0) is 12.8. The molecular formula is C13H15N3O2. The average molecular weight is 245 g/mol. The molecule has 0 saturated heterocycles. The van der Waals surface area contributed by atoms with E-state index in [2.05, 4.69) is 10.4 Å². The van der Waals surface area contributed by atoms with Gasteiger partial charge in [0.05, 0.1) is 24.5 Å². The van der Waals surface area contributed by atoms with Gasteiger partial charge in [0, 0.05) is 7.11 Å². The standard InChI is InChI=1S/C13H15N3O2/c1-18-10-16-9-12(8-14-16)15-13(17)7-11-5-3-2-4-6-11/h2-6,8-9H,7,10H2,1H3,(H,15,17). The Morgan fingerprint density at radius 3 is 2.89 bits per heavy atom. The van der Waals surface area contributed by atoms with Crippen LogP contribution in [0.5, 0.6) is 0 Å². The fourth-order valence-corrected chi connectivity index (χ4v) is 1.62. The Labute approximate surface area is 105 Å². The van der Waals surface area contributed by atoms with E-state index in [0.717, 1.165) is 5.56 Å². The van der Waals surface area contributed by atoms with Crippen molar-refractivity contribution in [3.63, 3.8) is 0 Å². The monoisotopic (exact) mass is 245 g/mol. The first kappa shape index (κ1) is 12.3. The van der Waals surface area contributed by atoms with Gasteiger partial charge in [-0.1, -0.05) is 30.3 Å². The Kier molecular flexibility index (Phi) is 4.09. The number of rotatable bonds is 5. The number of carbonyl (C=O) groups is 1. The number of hydrogen-bond acceptors (Lipinski definition) is 3. The molecule has 0 bridgehead atoms. The second kappa shape index (κ2) is 5.97. The van der Waals surface area contributed by atoms with Crippen LogP contribution in [0.1, 0.15) is 5.56 Å². The number of nitrogens with one attached hydrogen (secondary N) is 1. The minimum Gasteiger partial charge on any atom is -0.362 e. The highest BCUT2D eigenvalue weighted by Gasteiger charge is 2.05. The van der Waals surface area contributed by atoms with Gasteiger partial charge < -0.3 is 10.1 Å². The van der Waals surface area contributed by atoms with E-state index in [4.69, 9.17) is 4.74 Å². The van der Waals surface area contributed by atoms with Gasteiger partial charge in [-0.25, -0.2) is 4.68 Å². The topological polar surface area (TPSA) is 56.1 Å². The number of amides is 1. The number of anilines is 1. The maximum atomic E-state index is 11.8. The van der Waals surface area contributed by atoms with Crippen molar-refractivity contribution in [2.75, 3.05) is 12.4 Å². The molecule has 0 aliphatic carbocycles. The van der Waals surface area contributed by atoms with E-state index in [1.54, 1.807) is 24.2 Å². The smallest absolute Gasteiger partial charge is 0.228 e. The molecule has 1 aromatic carbocycles. The SMILES string of the molecule is COCn1cc(NC(=O)Cc2ccccc2)cn1. The molecule has 5 heteroatoms. The van der Waals surface area contributed by atoms with Crippen LogP contribution in [0.25, 0.3) is 0 Å². The lowest BCUT2D eigenvalue weighted by Crippen LogP contribution is -2.13. The van der Waals surface area contributed by atoms with E-state index >= 15 is 0 Å². The molecule has 1 N–H and O–H groups in total. The first-order valence-corrected chi connectivity index (χ1v) is 5.63. The normalized spacial score (nSPS) is 10.3. The fourth-order valence-electron chi connectivity index (χ4n) is 1.62. The summed E-state index contributed by atoms with van der Waals surface area (Å²) < 4.78 is 6.54. The molecule has 0 radical (unpaired) electrons. The highest BCUT2D eigenvalue weighted by atomic mass is 16.5. The van der Waals surface area contributed by atoms with Gasteiger partial charge >= 0.3 is 0 Å². The summed E-state index contributed by atoms with van der Waals surface area (Å²) >= 11 is 0. The predicted molar refractivity (Wildman–Crippen MR) is 68.0 cm³/mol. The molecule has 0 spiro atoms. The number of aromatic nitrogens is 2. The molecular weight excluding hydrogens is 230 g/mol. The van der Waals surface area contributed by atoms with Crippen LogP contribution in [0.4, 0.5) is 5.69 Å². The van der Waals surface area contributed by atoms with Crippen LogP contribution in [0, 0.1) is 0 Å². The highest BCUT2D eigenvalue weighted by molar-refractivity contribution is 5.91. The number of methoxy groups -OCH3 is 1. The van der Waals surface area contributed by atoms with E-state index in [1.807, 2.05) is 30.3 Å². The van der Waals surface area contributed by atoms with E-state index in [0.29, 0.717) is 18.8 Å². The van der Waals surface area contributed by atoms with Crippen LogP contribution >= 0.6 is 0 Å². The number of ether oxygens (including phenoxy) is 1. The lowest BCUT2D eigenvalue weighted by atomic mass is 10.1. The van der Waals surface area contributed by atoms with Crippen molar-refractivity contribution in [3.8, 4) is 0 Å². The molecule has 0 fully saturated rings. The minimum absolute atomic E-state index is 0.0573. The summed E-state index contributed by atoms with van der Waals surface area (Å²) in [4.78, 5) is 11.8. The molecule has 18 heavy (non-hydrogen) atoms. The molecule has 0 atom stereocenters. The molecule has 94 valence electrons. The number of nitrogens with zero attached hydrogens (tertiary/aromatic N) is 2. The van der Waals surface area contributed by atoms with Crippen LogP contribution in [-0.4, -0.2) is 22.8 Å². The summed E-state index contributed by atoms with van der Waals surface area (Å²) in [6.45, 7) is 0.370. The van der Waals surface area contributed by atoms with Crippen LogP contribution in [-0.2, 0) is 22.7 Å². The zero-order valence-electron chi connectivity index (χ0n) is 10.2. The van der Waals surface area contributed by atoms with Gasteiger partial charge in [0.15, 0.2) is 0 Å². The first-order chi connectivity index (χ1) is 8.78. The average Bonchev–Trinajstić information content (AvgIpc) is 2.78. The van der Waals surface area contributed by atoms with Gasteiger partial charge in [0.2, 0.25) is 5.91 Å². The van der Waals surface area contributed by atoms with E-state index in [-0.39, 0.29) is 5.91 Å². The number of carbonyl (C=O) groups excluding carboxylic acids is 1. The second-order valence-corrected chi connectivity index (χ2v) is 3.90. The quantitative estimate of drug-likeness (QED) is 0.871. The van der Waals surface area contributed by atoms with Crippen molar-refractivity contribution in [3.05, 3.63) is 48.3 Å². The number of hydrogen-bond donors (Lipinski definition) is 1. The van der Waals surface area contributed by atoms with Crippen molar-refractivity contribution in [2.45, 2.75) is 13.2 Å².